The van der Waals surface area contributed by atoms with Gasteiger partial charge < -0.3 is 16.0 Å². The largest absolute Gasteiger partial charge is 0.368 e. The highest BCUT2D eigenvalue weighted by molar-refractivity contribution is 5.93. The van der Waals surface area contributed by atoms with Crippen molar-refractivity contribution in [1.82, 2.24) is 10.3 Å². The van der Waals surface area contributed by atoms with E-state index in [1.165, 1.54) is 0 Å². The van der Waals surface area contributed by atoms with E-state index < -0.39 is 65.3 Å². The molecule has 1 saturated carbocycles. The Bertz CT molecular complexity index is 1290. The molecule has 0 unspecified atom stereocenters. The lowest BCUT2D eigenvalue weighted by atomic mass is 9.70. The third-order valence-corrected chi connectivity index (χ3v) is 5.06. The van der Waals surface area contributed by atoms with E-state index in [0.717, 1.165) is 6.07 Å². The van der Waals surface area contributed by atoms with Gasteiger partial charge in [-0.25, -0.2) is 13.2 Å². The summed E-state index contributed by atoms with van der Waals surface area (Å²) in [7, 11) is 0. The molecule has 29 heavy (non-hydrogen) atoms. The minimum atomic E-state index is -1.32. The van der Waals surface area contributed by atoms with Gasteiger partial charge in [0.05, 0.1) is 23.2 Å². The van der Waals surface area contributed by atoms with Crippen LogP contribution in [0.5, 0.6) is 0 Å². The first-order valence-corrected chi connectivity index (χ1v) is 8.84. The van der Waals surface area contributed by atoms with Gasteiger partial charge in [-0.05, 0) is 60.1 Å². The summed E-state index contributed by atoms with van der Waals surface area (Å²) in [6.07, 6.45) is 0.484. The van der Waals surface area contributed by atoms with Crippen LogP contribution in [0.15, 0.2) is 36.3 Å². The maximum atomic E-state index is 14.5. The molecule has 1 heterocycles. The van der Waals surface area contributed by atoms with Crippen LogP contribution < -0.4 is 11.1 Å². The summed E-state index contributed by atoms with van der Waals surface area (Å²) in [6, 6.07) is -1.38. The quantitative estimate of drug-likeness (QED) is 0.608. The number of rotatable bonds is 5. The van der Waals surface area contributed by atoms with Crippen molar-refractivity contribution in [3.8, 4) is 11.3 Å². The Labute approximate surface area is 169 Å². The van der Waals surface area contributed by atoms with Crippen molar-refractivity contribution in [1.29, 1.82) is 0 Å². The van der Waals surface area contributed by atoms with E-state index >= 15 is 0 Å². The molecule has 1 aliphatic rings. The van der Waals surface area contributed by atoms with Gasteiger partial charge in [-0.1, -0.05) is 0 Å². The summed E-state index contributed by atoms with van der Waals surface area (Å²) >= 11 is 0. The monoisotopic (exact) mass is 405 g/mol. The van der Waals surface area contributed by atoms with Gasteiger partial charge in [0.1, 0.15) is 17.5 Å². The minimum Gasteiger partial charge on any atom is -0.368 e. The van der Waals surface area contributed by atoms with Crippen LogP contribution >= 0.6 is 0 Å². The normalized spacial score (nSPS) is 20.4. The van der Waals surface area contributed by atoms with Crippen LogP contribution in [0.25, 0.3) is 22.2 Å². The molecule has 0 saturated heterocycles. The number of primary amides is 1. The topological polar surface area (TPSA) is 88.0 Å². The molecule has 2 aromatic carbocycles. The number of hydrogen-bond acceptors (Lipinski definition) is 2. The second kappa shape index (κ2) is 7.27. The molecule has 0 radical (unpaired) electrons. The second-order valence-electron chi connectivity index (χ2n) is 6.96. The summed E-state index contributed by atoms with van der Waals surface area (Å²) in [4.78, 5) is 25.8. The molecule has 0 atom stereocenters. The molecule has 1 aromatic heterocycles. The number of carbonyl (C=O) groups is 2. The zero-order valence-electron chi connectivity index (χ0n) is 19.0. The van der Waals surface area contributed by atoms with Gasteiger partial charge in [-0.3, -0.25) is 9.59 Å². The molecular formula is C21H18F3N3O2. The Balaban J connectivity index is 1.84. The zero-order valence-corrected chi connectivity index (χ0v) is 15.0. The average Bonchev–Trinajstić information content (AvgIpc) is 3.07. The molecule has 150 valence electrons. The molecule has 0 aliphatic heterocycles. The maximum absolute atomic E-state index is 14.5. The number of nitrogens with one attached hydrogen (secondary N) is 2. The fraction of sp³-hybridized carbons (Fsp3) is 0.238. The SMILES string of the molecule is [2H]c1c([2H])c(-c2[nH]c3c(F)cc(F)cc3c2C2CC(C(=O)NCC(N)=O)C2)c([2H])c([2H])c1F. The lowest BCUT2D eigenvalue weighted by Crippen LogP contribution is -2.41. The van der Waals surface area contributed by atoms with Crippen molar-refractivity contribution < 1.29 is 28.2 Å². The fourth-order valence-electron chi connectivity index (χ4n) is 3.67. The molecule has 8 heteroatoms. The van der Waals surface area contributed by atoms with Gasteiger partial charge in [0.25, 0.3) is 0 Å². The molecule has 0 bridgehead atoms. The van der Waals surface area contributed by atoms with E-state index in [1.54, 1.807) is 0 Å². The number of benzene rings is 2. The number of halogens is 3. The van der Waals surface area contributed by atoms with Crippen LogP contribution in [-0.4, -0.2) is 23.3 Å². The number of nitrogens with two attached hydrogens (primary N) is 1. The van der Waals surface area contributed by atoms with Gasteiger partial charge in [-0.2, -0.15) is 0 Å². The first-order chi connectivity index (χ1) is 15.5. The summed E-state index contributed by atoms with van der Waals surface area (Å²) in [6.45, 7) is -0.326. The van der Waals surface area contributed by atoms with Crippen molar-refractivity contribution in [2.24, 2.45) is 11.7 Å². The van der Waals surface area contributed by atoms with Gasteiger partial charge in [0, 0.05) is 17.4 Å². The summed E-state index contributed by atoms with van der Waals surface area (Å²) in [5.74, 6) is -5.14. The number of amides is 2. The number of aromatic nitrogens is 1. The molecule has 4 rings (SSSR count). The Hall–Kier alpha value is -3.29. The molecular weight excluding hydrogens is 383 g/mol. The van der Waals surface area contributed by atoms with Crippen molar-refractivity contribution in [2.75, 3.05) is 6.54 Å². The highest BCUT2D eigenvalue weighted by Crippen LogP contribution is 2.48. The van der Waals surface area contributed by atoms with Crippen molar-refractivity contribution >= 4 is 22.7 Å². The molecule has 5 nitrogen and oxygen atoms in total. The van der Waals surface area contributed by atoms with Crippen molar-refractivity contribution in [3.63, 3.8) is 0 Å². The van der Waals surface area contributed by atoms with E-state index in [0.29, 0.717) is 11.6 Å². The third kappa shape index (κ3) is 3.57. The van der Waals surface area contributed by atoms with E-state index in [9.17, 15) is 22.8 Å². The number of H-pyrrole nitrogens is 1. The highest BCUT2D eigenvalue weighted by atomic mass is 19.1. The summed E-state index contributed by atoms with van der Waals surface area (Å²) in [5.41, 5.74) is 4.96. The van der Waals surface area contributed by atoms with Crippen molar-refractivity contribution in [2.45, 2.75) is 18.8 Å². The van der Waals surface area contributed by atoms with Crippen LogP contribution in [0.3, 0.4) is 0 Å². The Morgan fingerprint density at radius 2 is 1.83 bits per heavy atom. The van der Waals surface area contributed by atoms with E-state index in [-0.39, 0.29) is 41.5 Å². The third-order valence-electron chi connectivity index (χ3n) is 5.06. The van der Waals surface area contributed by atoms with Crippen molar-refractivity contribution in [3.05, 3.63) is 59.3 Å². The van der Waals surface area contributed by atoms with Crippen LogP contribution in [0.2, 0.25) is 0 Å². The van der Waals surface area contributed by atoms with Crippen LogP contribution in [-0.2, 0) is 9.59 Å². The number of carbonyl (C=O) groups excluding carboxylic acids is 2. The second-order valence-corrected chi connectivity index (χ2v) is 6.96. The fourth-order valence-corrected chi connectivity index (χ4v) is 3.67. The lowest BCUT2D eigenvalue weighted by Gasteiger charge is -2.35. The zero-order chi connectivity index (χ0) is 24.2. The number of hydrogen-bond donors (Lipinski definition) is 3. The number of fused-ring (bicyclic) bond motifs is 1. The Morgan fingerprint density at radius 1 is 1.14 bits per heavy atom. The standard InChI is InChI=1S/C21H18F3N3O2/c22-13-3-1-10(2-4-13)19-18(15-7-14(23)8-16(24)20(15)27-19)11-5-12(6-11)21(29)26-9-17(25)28/h1-4,7-8,11-12,27H,5-6,9H2,(H2,25,28)(H,26,29)/i1D,2D,3D,4D. The molecule has 3 aromatic rings. The smallest absolute Gasteiger partial charge is 0.236 e. The molecule has 2 amide bonds. The van der Waals surface area contributed by atoms with E-state index in [4.69, 9.17) is 11.2 Å². The molecule has 1 aliphatic carbocycles. The molecule has 4 N–H and O–H groups in total. The predicted octanol–water partition coefficient (Wildman–Crippen LogP) is 3.35. The van der Waals surface area contributed by atoms with Crippen LogP contribution in [0, 0.1) is 23.4 Å². The Morgan fingerprint density at radius 3 is 2.48 bits per heavy atom. The van der Waals surface area contributed by atoms with Crippen LogP contribution in [0.4, 0.5) is 13.2 Å². The van der Waals surface area contributed by atoms with Crippen LogP contribution in [0.1, 0.15) is 29.8 Å². The summed E-state index contributed by atoms with van der Waals surface area (Å²) < 4.78 is 74.6. The average molecular weight is 405 g/mol. The van der Waals surface area contributed by atoms with Gasteiger partial charge in [0.2, 0.25) is 11.8 Å². The first kappa shape index (κ1) is 14.7. The predicted molar refractivity (Wildman–Crippen MR) is 101 cm³/mol. The molecule has 0 spiro atoms. The number of aromatic amines is 1. The highest BCUT2D eigenvalue weighted by Gasteiger charge is 2.38. The summed E-state index contributed by atoms with van der Waals surface area (Å²) in [5, 5.41) is 2.53. The van der Waals surface area contributed by atoms with Gasteiger partial charge in [0.15, 0.2) is 0 Å². The molecule has 1 fully saturated rings. The van der Waals surface area contributed by atoms with E-state index in [1.807, 2.05) is 0 Å². The lowest BCUT2D eigenvalue weighted by molar-refractivity contribution is -0.130. The maximum Gasteiger partial charge on any atom is 0.236 e. The minimum absolute atomic E-state index is 0.00694. The van der Waals surface area contributed by atoms with Gasteiger partial charge >= 0.3 is 0 Å². The van der Waals surface area contributed by atoms with E-state index in [2.05, 4.69) is 10.3 Å². The van der Waals surface area contributed by atoms with Gasteiger partial charge in [-0.15, -0.1) is 0 Å². The Kier molecular flexibility index (Phi) is 3.68. The first-order valence-electron chi connectivity index (χ1n) is 10.8.